The van der Waals surface area contributed by atoms with Gasteiger partial charge in [0.05, 0.1) is 12.3 Å². The molecule has 5 rings (SSSR count). The molecule has 7 heteroatoms. The van der Waals surface area contributed by atoms with E-state index in [0.717, 1.165) is 33.4 Å². The molecule has 0 aliphatic rings. The maximum absolute atomic E-state index is 12.7. The largest absolute Gasteiger partial charge is 0.325 e. The highest BCUT2D eigenvalue weighted by molar-refractivity contribution is 7.99. The third kappa shape index (κ3) is 4.94. The van der Waals surface area contributed by atoms with Crippen molar-refractivity contribution in [3.05, 3.63) is 103 Å². The topological polar surface area (TPSA) is 72.7 Å². The number of carbonyl (C=O) groups excluding carboxylic acids is 1. The first kappa shape index (κ1) is 20.9. The second-order valence-electron chi connectivity index (χ2n) is 7.51. The van der Waals surface area contributed by atoms with Crippen LogP contribution in [0.5, 0.6) is 0 Å². The summed E-state index contributed by atoms with van der Waals surface area (Å²) in [4.78, 5) is 16.8. The van der Waals surface area contributed by atoms with Gasteiger partial charge in [0.1, 0.15) is 0 Å². The maximum atomic E-state index is 12.7. The lowest BCUT2D eigenvalue weighted by Crippen LogP contribution is -2.14. The second kappa shape index (κ2) is 9.67. The molecule has 5 aromatic rings. The Morgan fingerprint density at radius 2 is 1.61 bits per heavy atom. The third-order valence-electron chi connectivity index (χ3n) is 5.20. The fourth-order valence-corrected chi connectivity index (χ4v) is 4.35. The molecule has 0 bridgehead atoms. The zero-order valence-corrected chi connectivity index (χ0v) is 18.6. The number of fused-ring (bicyclic) bond motifs is 1. The van der Waals surface area contributed by atoms with E-state index in [0.29, 0.717) is 11.7 Å². The van der Waals surface area contributed by atoms with Crippen LogP contribution in [-0.4, -0.2) is 31.4 Å². The lowest BCUT2D eigenvalue weighted by atomic mass is 10.1. The number of hydrogen-bond donors (Lipinski definition) is 1. The van der Waals surface area contributed by atoms with Gasteiger partial charge in [-0.1, -0.05) is 72.4 Å². The van der Waals surface area contributed by atoms with E-state index in [9.17, 15) is 4.79 Å². The fourth-order valence-electron chi connectivity index (χ4n) is 3.61. The molecule has 0 spiro atoms. The molecule has 0 saturated heterocycles. The van der Waals surface area contributed by atoms with E-state index in [1.54, 1.807) is 12.4 Å². The SMILES string of the molecule is O=C(CSc1nnc(-c2ccncc2)n1Cc1ccccc1)Nc1ccc2ccccc2c1. The van der Waals surface area contributed by atoms with Crippen molar-refractivity contribution < 1.29 is 4.79 Å². The Bertz CT molecular complexity index is 1390. The lowest BCUT2D eigenvalue weighted by molar-refractivity contribution is -0.113. The third-order valence-corrected chi connectivity index (χ3v) is 6.17. The Hall–Kier alpha value is -3.97. The zero-order valence-electron chi connectivity index (χ0n) is 17.8. The van der Waals surface area contributed by atoms with Crippen molar-refractivity contribution in [3.63, 3.8) is 0 Å². The molecule has 6 nitrogen and oxygen atoms in total. The van der Waals surface area contributed by atoms with Crippen molar-refractivity contribution in [1.82, 2.24) is 19.7 Å². The molecule has 0 unspecified atom stereocenters. The minimum Gasteiger partial charge on any atom is -0.325 e. The number of hydrogen-bond acceptors (Lipinski definition) is 5. The predicted molar refractivity (Wildman–Crippen MR) is 132 cm³/mol. The van der Waals surface area contributed by atoms with E-state index in [-0.39, 0.29) is 11.7 Å². The van der Waals surface area contributed by atoms with Crippen LogP contribution in [-0.2, 0) is 11.3 Å². The number of carbonyl (C=O) groups is 1. The summed E-state index contributed by atoms with van der Waals surface area (Å²) < 4.78 is 2.04. The van der Waals surface area contributed by atoms with E-state index in [2.05, 4.69) is 38.7 Å². The summed E-state index contributed by atoms with van der Waals surface area (Å²) in [5.41, 5.74) is 2.85. The highest BCUT2D eigenvalue weighted by Crippen LogP contribution is 2.25. The van der Waals surface area contributed by atoms with E-state index in [1.165, 1.54) is 11.8 Å². The van der Waals surface area contributed by atoms with Crippen molar-refractivity contribution in [2.24, 2.45) is 0 Å². The number of aromatic nitrogens is 4. The van der Waals surface area contributed by atoms with Crippen LogP contribution in [0.4, 0.5) is 5.69 Å². The van der Waals surface area contributed by atoms with Crippen molar-refractivity contribution in [3.8, 4) is 11.4 Å². The standard InChI is InChI=1S/C26H21N5OS/c32-24(28-23-11-10-20-8-4-5-9-22(20)16-23)18-33-26-30-29-25(21-12-14-27-15-13-21)31(26)17-19-6-2-1-3-7-19/h1-16H,17-18H2,(H,28,32). The van der Waals surface area contributed by atoms with Gasteiger partial charge in [0.2, 0.25) is 5.91 Å². The van der Waals surface area contributed by atoms with Gasteiger partial charge in [-0.05, 0) is 40.6 Å². The summed E-state index contributed by atoms with van der Waals surface area (Å²) in [6, 6.07) is 28.0. The average Bonchev–Trinajstić information content (AvgIpc) is 3.26. The predicted octanol–water partition coefficient (Wildman–Crippen LogP) is 5.27. The lowest BCUT2D eigenvalue weighted by Gasteiger charge is -2.11. The summed E-state index contributed by atoms with van der Waals surface area (Å²) in [6.07, 6.45) is 3.47. The number of nitrogens with one attached hydrogen (secondary N) is 1. The normalized spacial score (nSPS) is 10.9. The van der Waals surface area contributed by atoms with Gasteiger partial charge in [0, 0.05) is 23.6 Å². The minimum atomic E-state index is -0.0880. The molecular weight excluding hydrogens is 430 g/mol. The Labute approximate surface area is 195 Å². The first-order chi connectivity index (χ1) is 16.3. The van der Waals surface area contributed by atoms with Crippen molar-refractivity contribution in [2.45, 2.75) is 11.7 Å². The van der Waals surface area contributed by atoms with Crippen LogP contribution >= 0.6 is 11.8 Å². The molecule has 0 aliphatic heterocycles. The second-order valence-corrected chi connectivity index (χ2v) is 8.46. The Morgan fingerprint density at radius 3 is 2.42 bits per heavy atom. The van der Waals surface area contributed by atoms with Gasteiger partial charge < -0.3 is 5.32 Å². The molecule has 1 N–H and O–H groups in total. The molecule has 0 radical (unpaired) electrons. The van der Waals surface area contributed by atoms with Crippen LogP contribution in [0.2, 0.25) is 0 Å². The van der Waals surface area contributed by atoms with Crippen LogP contribution in [0, 0.1) is 0 Å². The molecule has 33 heavy (non-hydrogen) atoms. The number of nitrogens with zero attached hydrogens (tertiary/aromatic N) is 4. The van der Waals surface area contributed by atoms with Crippen molar-refractivity contribution in [1.29, 1.82) is 0 Å². The van der Waals surface area contributed by atoms with Crippen LogP contribution in [0.15, 0.2) is 102 Å². The first-order valence-corrected chi connectivity index (χ1v) is 11.5. The molecule has 162 valence electrons. The van der Waals surface area contributed by atoms with Crippen molar-refractivity contribution >= 4 is 34.1 Å². The minimum absolute atomic E-state index is 0.0880. The zero-order chi connectivity index (χ0) is 22.5. The number of thioether (sulfide) groups is 1. The van der Waals surface area contributed by atoms with Gasteiger partial charge >= 0.3 is 0 Å². The number of benzene rings is 3. The molecular formula is C26H21N5OS. The highest BCUT2D eigenvalue weighted by atomic mass is 32.2. The molecule has 0 aliphatic carbocycles. The summed E-state index contributed by atoms with van der Waals surface area (Å²) in [7, 11) is 0. The number of amides is 1. The molecule has 2 aromatic heterocycles. The average molecular weight is 452 g/mol. The number of rotatable bonds is 7. The molecule has 2 heterocycles. The van der Waals surface area contributed by atoms with Gasteiger partial charge in [0.25, 0.3) is 0 Å². The van der Waals surface area contributed by atoms with Crippen LogP contribution in [0.3, 0.4) is 0 Å². The van der Waals surface area contributed by atoms with Gasteiger partial charge in [-0.3, -0.25) is 14.3 Å². The molecule has 0 saturated carbocycles. The first-order valence-electron chi connectivity index (χ1n) is 10.6. The van der Waals surface area contributed by atoms with E-state index in [1.807, 2.05) is 71.3 Å². The fraction of sp³-hybridized carbons (Fsp3) is 0.0769. The Morgan fingerprint density at radius 1 is 0.848 bits per heavy atom. The monoisotopic (exact) mass is 451 g/mol. The van der Waals surface area contributed by atoms with Crippen LogP contribution in [0.25, 0.3) is 22.2 Å². The summed E-state index contributed by atoms with van der Waals surface area (Å²) in [5.74, 6) is 0.893. The quantitative estimate of drug-likeness (QED) is 0.341. The molecule has 0 fully saturated rings. The Balaban J connectivity index is 1.34. The molecule has 3 aromatic carbocycles. The smallest absolute Gasteiger partial charge is 0.234 e. The van der Waals surface area contributed by atoms with E-state index < -0.39 is 0 Å². The van der Waals surface area contributed by atoms with Gasteiger partial charge in [0.15, 0.2) is 11.0 Å². The number of anilines is 1. The number of pyridine rings is 1. The molecule has 0 atom stereocenters. The molecule has 1 amide bonds. The Kier molecular flexibility index (Phi) is 6.12. The summed E-state index contributed by atoms with van der Waals surface area (Å²) in [5, 5.41) is 14.7. The van der Waals surface area contributed by atoms with Crippen LogP contribution in [0.1, 0.15) is 5.56 Å². The van der Waals surface area contributed by atoms with Crippen molar-refractivity contribution in [2.75, 3.05) is 11.1 Å². The van der Waals surface area contributed by atoms with E-state index in [4.69, 9.17) is 0 Å². The summed E-state index contributed by atoms with van der Waals surface area (Å²) in [6.45, 7) is 0.611. The van der Waals surface area contributed by atoms with Gasteiger partial charge in [-0.15, -0.1) is 10.2 Å². The highest BCUT2D eigenvalue weighted by Gasteiger charge is 2.16. The van der Waals surface area contributed by atoms with Crippen LogP contribution < -0.4 is 5.32 Å². The summed E-state index contributed by atoms with van der Waals surface area (Å²) >= 11 is 1.37. The maximum Gasteiger partial charge on any atom is 0.234 e. The van der Waals surface area contributed by atoms with Gasteiger partial charge in [-0.25, -0.2) is 0 Å². The van der Waals surface area contributed by atoms with Gasteiger partial charge in [-0.2, -0.15) is 0 Å². The van der Waals surface area contributed by atoms with E-state index >= 15 is 0 Å².